The fourth-order valence-corrected chi connectivity index (χ4v) is 7.25. The number of phosphoric ester groups is 2. The van der Waals surface area contributed by atoms with Crippen molar-refractivity contribution in [2.75, 3.05) is 24.7 Å². The summed E-state index contributed by atoms with van der Waals surface area (Å²) in [7, 11) is -10.2. The van der Waals surface area contributed by atoms with E-state index in [1.807, 2.05) is 0 Å². The molecule has 4 aromatic heterocycles. The number of rotatable bonds is 2. The van der Waals surface area contributed by atoms with E-state index in [1.165, 1.54) is 10.9 Å². The van der Waals surface area contributed by atoms with Gasteiger partial charge in [-0.3, -0.25) is 42.3 Å². The number of aromatic nitrogens is 8. The molecule has 4 unspecified atom stereocenters. The number of imidazole rings is 2. The fourth-order valence-electron chi connectivity index (χ4n) is 5.34. The molecular weight excluding hydrogens is 650 g/mol. The first kappa shape index (κ1) is 30.1. The zero-order valence-corrected chi connectivity index (χ0v) is 24.2. The highest BCUT2D eigenvalue weighted by atomic mass is 31.2. The van der Waals surface area contributed by atoms with Crippen LogP contribution in [0, 0.1) is 0 Å². The van der Waals surface area contributed by atoms with Crippen LogP contribution in [0.3, 0.4) is 0 Å². The Hall–Kier alpha value is -3.60. The van der Waals surface area contributed by atoms with Gasteiger partial charge in [0.05, 0.1) is 25.9 Å². The SMILES string of the molecule is Nc1nc2c(ncn2[C@@H]2O[C@@H]3COP(=O)(O)OC4C[C@H](n5cnc6c(=O)[nH]c(N)nc65)O[C@@H]4COP(=O)([O-])OC3[C@@H]2O)c(=O)[nH]1. The van der Waals surface area contributed by atoms with Crippen LogP contribution in [0.5, 0.6) is 0 Å². The Kier molecular flexibility index (Phi) is 7.18. The number of fused-ring (bicyclic) bond motifs is 4. The van der Waals surface area contributed by atoms with Crippen molar-refractivity contribution in [3.63, 3.8) is 0 Å². The van der Waals surface area contributed by atoms with Crippen molar-refractivity contribution in [1.29, 1.82) is 0 Å². The van der Waals surface area contributed by atoms with Gasteiger partial charge in [-0.15, -0.1) is 0 Å². The van der Waals surface area contributed by atoms with Crippen molar-refractivity contribution in [2.45, 2.75) is 49.4 Å². The lowest BCUT2D eigenvalue weighted by Crippen LogP contribution is -2.38. The van der Waals surface area contributed by atoms with Gasteiger partial charge in [0.15, 0.2) is 28.6 Å². The van der Waals surface area contributed by atoms with E-state index in [1.54, 1.807) is 0 Å². The van der Waals surface area contributed by atoms with Crippen molar-refractivity contribution >= 4 is 49.9 Å². The molecule has 4 aromatic rings. The zero-order chi connectivity index (χ0) is 31.8. The van der Waals surface area contributed by atoms with E-state index in [4.69, 9.17) is 39.0 Å². The van der Waals surface area contributed by atoms with E-state index in [9.17, 15) is 33.6 Å². The Labute approximate surface area is 248 Å². The molecular formula is C20H23N10O13P2-. The first-order chi connectivity index (χ1) is 21.3. The first-order valence-electron chi connectivity index (χ1n) is 13.0. The van der Waals surface area contributed by atoms with Gasteiger partial charge in [-0.25, -0.2) is 14.5 Å². The van der Waals surface area contributed by atoms with Gasteiger partial charge in [0.25, 0.3) is 18.9 Å². The molecule has 9 atom stereocenters. The summed E-state index contributed by atoms with van der Waals surface area (Å²) in [5.74, 6) is -0.475. The zero-order valence-electron chi connectivity index (χ0n) is 22.4. The quantitative estimate of drug-likeness (QED) is 0.118. The lowest BCUT2D eigenvalue weighted by molar-refractivity contribution is -0.236. The minimum atomic E-state index is -5.25. The molecule has 0 aromatic carbocycles. The molecule has 3 fully saturated rings. The van der Waals surface area contributed by atoms with Gasteiger partial charge >= 0.3 is 7.82 Å². The molecule has 7 rings (SSSR count). The number of anilines is 2. The second-order valence-electron chi connectivity index (χ2n) is 10.2. The highest BCUT2D eigenvalue weighted by Crippen LogP contribution is 2.52. The Morgan fingerprint density at radius 1 is 0.889 bits per heavy atom. The van der Waals surface area contributed by atoms with E-state index in [2.05, 4.69) is 29.9 Å². The Morgan fingerprint density at radius 2 is 1.49 bits per heavy atom. The molecule has 23 nitrogen and oxygen atoms in total. The maximum Gasteiger partial charge on any atom is 0.472 e. The topological polar surface area (TPSA) is 332 Å². The Morgan fingerprint density at radius 3 is 2.16 bits per heavy atom. The third-order valence-electron chi connectivity index (χ3n) is 7.29. The molecule has 3 aliphatic rings. The highest BCUT2D eigenvalue weighted by molar-refractivity contribution is 7.47. The molecule has 0 radical (unpaired) electrons. The van der Waals surface area contributed by atoms with E-state index in [-0.39, 0.29) is 40.6 Å². The first-order valence-corrected chi connectivity index (χ1v) is 16.0. The maximum atomic E-state index is 13.0. The van der Waals surface area contributed by atoms with Gasteiger partial charge in [-0.2, -0.15) is 9.97 Å². The summed E-state index contributed by atoms with van der Waals surface area (Å²) in [6, 6.07) is 0. The molecule has 0 saturated carbocycles. The number of nitrogens with zero attached hydrogens (tertiary/aromatic N) is 6. The number of hydrogen-bond acceptors (Lipinski definition) is 18. The van der Waals surface area contributed by atoms with E-state index in [0.29, 0.717) is 0 Å². The molecule has 25 heteroatoms. The molecule has 3 saturated heterocycles. The van der Waals surface area contributed by atoms with Crippen molar-refractivity contribution in [3.05, 3.63) is 33.4 Å². The number of nitrogen functional groups attached to an aromatic ring is 2. The monoisotopic (exact) mass is 673 g/mol. The lowest BCUT2D eigenvalue weighted by atomic mass is 10.1. The van der Waals surface area contributed by atoms with E-state index >= 15 is 0 Å². The third-order valence-corrected chi connectivity index (χ3v) is 9.27. The molecule has 0 aliphatic carbocycles. The van der Waals surface area contributed by atoms with Gasteiger partial charge in [0.2, 0.25) is 11.9 Å². The molecule has 242 valence electrons. The van der Waals surface area contributed by atoms with Crippen LogP contribution in [0.2, 0.25) is 0 Å². The minimum Gasteiger partial charge on any atom is -0.756 e. The summed E-state index contributed by atoms with van der Waals surface area (Å²) in [4.78, 5) is 68.4. The third kappa shape index (κ3) is 5.47. The number of nitrogens with one attached hydrogen (secondary N) is 2. The molecule has 45 heavy (non-hydrogen) atoms. The Balaban J connectivity index is 1.16. The molecule has 0 amide bonds. The second-order valence-corrected chi connectivity index (χ2v) is 13.0. The minimum absolute atomic E-state index is 0.0300. The predicted molar refractivity (Wildman–Crippen MR) is 143 cm³/mol. The average molecular weight is 673 g/mol. The van der Waals surface area contributed by atoms with E-state index in [0.717, 1.165) is 10.9 Å². The molecule has 0 bridgehead atoms. The number of aliphatic hydroxyl groups is 1. The van der Waals surface area contributed by atoms with Crippen molar-refractivity contribution in [2.24, 2.45) is 0 Å². The van der Waals surface area contributed by atoms with Gasteiger partial charge in [0, 0.05) is 6.42 Å². The maximum absolute atomic E-state index is 13.0. The lowest BCUT2D eigenvalue weighted by Gasteiger charge is -2.32. The van der Waals surface area contributed by atoms with Crippen LogP contribution in [0.4, 0.5) is 11.9 Å². The summed E-state index contributed by atoms with van der Waals surface area (Å²) >= 11 is 0. The summed E-state index contributed by atoms with van der Waals surface area (Å²) in [6.45, 7) is -1.57. The van der Waals surface area contributed by atoms with Crippen LogP contribution in [-0.4, -0.2) is 92.8 Å². The number of nitrogens with two attached hydrogens (primary N) is 2. The number of ether oxygens (including phenoxy) is 2. The largest absolute Gasteiger partial charge is 0.756 e. The smallest absolute Gasteiger partial charge is 0.472 e. The fraction of sp³-hybridized carbons (Fsp3) is 0.500. The number of aromatic amines is 2. The van der Waals surface area contributed by atoms with Crippen LogP contribution in [0.25, 0.3) is 22.3 Å². The molecule has 0 spiro atoms. The van der Waals surface area contributed by atoms with Crippen LogP contribution in [0.15, 0.2) is 22.2 Å². The summed E-state index contributed by atoms with van der Waals surface area (Å²) in [5, 5.41) is 11.1. The number of aliphatic hydroxyl groups excluding tert-OH is 1. The predicted octanol–water partition coefficient (Wildman–Crippen LogP) is -2.65. The number of hydrogen-bond donors (Lipinski definition) is 6. The second kappa shape index (κ2) is 10.7. The van der Waals surface area contributed by atoms with Crippen molar-refractivity contribution in [1.82, 2.24) is 39.0 Å². The molecule has 7 heterocycles. The number of phosphoric acid groups is 2. The Bertz CT molecular complexity index is 2010. The van der Waals surface area contributed by atoms with Crippen LogP contribution in [-0.2, 0) is 36.7 Å². The summed E-state index contributed by atoms with van der Waals surface area (Å²) in [6.07, 6.45) is -7.93. The van der Waals surface area contributed by atoms with E-state index < -0.39 is 83.0 Å². The normalized spacial score (nSPS) is 36.0. The average Bonchev–Trinajstić information content (AvgIpc) is 3.71. The summed E-state index contributed by atoms with van der Waals surface area (Å²) in [5.41, 5.74) is 9.66. The van der Waals surface area contributed by atoms with Crippen LogP contribution in [0.1, 0.15) is 18.9 Å². The van der Waals surface area contributed by atoms with Gasteiger partial charge in [0.1, 0.15) is 36.7 Å². The highest BCUT2D eigenvalue weighted by Gasteiger charge is 2.50. The van der Waals surface area contributed by atoms with Crippen LogP contribution < -0.4 is 27.5 Å². The number of H-pyrrole nitrogens is 2. The van der Waals surface area contributed by atoms with Gasteiger partial charge in [-0.05, 0) is 0 Å². The van der Waals surface area contributed by atoms with Crippen molar-refractivity contribution in [3.8, 4) is 0 Å². The molecule has 3 aliphatic heterocycles. The van der Waals surface area contributed by atoms with Crippen LogP contribution >= 0.6 is 15.6 Å². The van der Waals surface area contributed by atoms with Gasteiger partial charge < -0.3 is 44.9 Å². The van der Waals surface area contributed by atoms with Gasteiger partial charge in [-0.1, -0.05) is 0 Å². The molecule has 8 N–H and O–H groups in total. The van der Waals surface area contributed by atoms with Crippen molar-refractivity contribution < 1.29 is 51.6 Å². The summed E-state index contributed by atoms with van der Waals surface area (Å²) < 4.78 is 60.7. The standard InChI is InChI=1S/C20H24N10O13P2/c21-19-25-14-10(16(32)27-19)23-4-29(14)9-1-6-7(40-9)2-38-45(36,37)43-13-8(3-39-44(34,35)42-6)41-18(12(13)31)30-5-24-11-15(30)26-20(22)28-17(11)33/h4-9,12-13,18,31H,1-3H2,(H,34,35)(H,36,37)(H3,21,25,27,32)(H3,22,26,28,33)/p-1/t6?,7-,8-,9-,12+,13?,18-/m1/s1.